The third-order valence-corrected chi connectivity index (χ3v) is 4.04. The van der Waals surface area contributed by atoms with Gasteiger partial charge in [-0.15, -0.1) is 0 Å². The van der Waals surface area contributed by atoms with Crippen molar-refractivity contribution in [2.24, 2.45) is 0 Å². The van der Waals surface area contributed by atoms with Gasteiger partial charge in [0.1, 0.15) is 0 Å². The summed E-state index contributed by atoms with van der Waals surface area (Å²) in [6.45, 7) is 2.50. The Labute approximate surface area is 92.0 Å². The van der Waals surface area contributed by atoms with Crippen molar-refractivity contribution < 1.29 is 0 Å². The molecule has 1 nitrogen and oxygen atoms in total. The Bertz CT molecular complexity index is 288. The molecule has 1 aliphatic heterocycles. The molecule has 0 unspecified atom stereocenters. The molecule has 0 radical (unpaired) electrons. The van der Waals surface area contributed by atoms with E-state index in [-0.39, 0.29) is 0 Å². The van der Waals surface area contributed by atoms with E-state index in [2.05, 4.69) is 46.4 Å². The van der Waals surface area contributed by atoms with Gasteiger partial charge in [0, 0.05) is 0 Å². The fourth-order valence-electron chi connectivity index (χ4n) is 1.58. The first-order valence-corrected chi connectivity index (χ1v) is 6.92. The van der Waals surface area contributed by atoms with Crippen LogP contribution in [-0.2, 0) is 0 Å². The fourth-order valence-corrected chi connectivity index (χ4v) is 3.06. The second-order valence-electron chi connectivity index (χ2n) is 3.46. The summed E-state index contributed by atoms with van der Waals surface area (Å²) in [7, 11) is 0. The molecule has 0 bridgehead atoms. The van der Waals surface area contributed by atoms with Gasteiger partial charge in [0.15, 0.2) is 0 Å². The van der Waals surface area contributed by atoms with E-state index in [1.54, 1.807) is 0 Å². The van der Waals surface area contributed by atoms with Crippen LogP contribution in [0.5, 0.6) is 0 Å². The van der Waals surface area contributed by atoms with Gasteiger partial charge in [0.05, 0.1) is 0 Å². The fraction of sp³-hybridized carbons (Fsp3) is 0.333. The first-order chi connectivity index (χ1) is 6.95. The van der Waals surface area contributed by atoms with Gasteiger partial charge < -0.3 is 0 Å². The number of likely N-dealkylation sites (tertiary alicyclic amines) is 1. The van der Waals surface area contributed by atoms with Crippen LogP contribution in [0.2, 0.25) is 0 Å². The second-order valence-corrected chi connectivity index (χ2v) is 5.51. The van der Waals surface area contributed by atoms with Crippen molar-refractivity contribution in [3.05, 3.63) is 41.5 Å². The van der Waals surface area contributed by atoms with Crippen molar-refractivity contribution >= 4 is 19.4 Å². The number of hydrogen-bond donors (Lipinski definition) is 0. The summed E-state index contributed by atoms with van der Waals surface area (Å²) in [6, 6.07) is 10.7. The van der Waals surface area contributed by atoms with E-state index in [1.165, 1.54) is 30.4 Å². The topological polar surface area (TPSA) is 3.24 Å². The first-order valence-electron chi connectivity index (χ1n) is 5.07. The molecule has 1 aromatic rings. The molecular weight excluding hydrogens is 237 g/mol. The third-order valence-electron chi connectivity index (χ3n) is 2.36. The summed E-state index contributed by atoms with van der Waals surface area (Å²) in [5.74, 6) is 0. The molecule has 1 aliphatic rings. The minimum absolute atomic E-state index is 0.504. The van der Waals surface area contributed by atoms with Gasteiger partial charge in [0.2, 0.25) is 0 Å². The maximum atomic E-state index is 2.42. The molecule has 1 saturated heterocycles. The van der Waals surface area contributed by atoms with Crippen LogP contribution >= 0.6 is 0 Å². The van der Waals surface area contributed by atoms with Crippen LogP contribution in [0.1, 0.15) is 12.8 Å². The standard InChI is InChI=1S/C12H15NSe/c1-2-6-12(7-3-1)14-11-10-13-8-4-5-9-13/h1-3,6-7,10-11H,4-5,8-9H2/b11-10-. The normalized spacial score (nSPS) is 16.7. The molecule has 0 saturated carbocycles. The van der Waals surface area contributed by atoms with Crippen LogP contribution in [0.4, 0.5) is 0 Å². The number of rotatable bonds is 3. The zero-order valence-electron chi connectivity index (χ0n) is 8.23. The summed E-state index contributed by atoms with van der Waals surface area (Å²) in [4.78, 5) is 4.75. The Morgan fingerprint density at radius 1 is 1.07 bits per heavy atom. The van der Waals surface area contributed by atoms with Crippen molar-refractivity contribution in [1.82, 2.24) is 4.90 Å². The van der Waals surface area contributed by atoms with Crippen LogP contribution < -0.4 is 4.46 Å². The Hall–Kier alpha value is -0.721. The number of hydrogen-bond acceptors (Lipinski definition) is 1. The zero-order chi connectivity index (χ0) is 9.64. The van der Waals surface area contributed by atoms with Crippen molar-refractivity contribution in [2.75, 3.05) is 13.1 Å². The van der Waals surface area contributed by atoms with Gasteiger partial charge in [-0.25, -0.2) is 0 Å². The van der Waals surface area contributed by atoms with Gasteiger partial charge in [0.25, 0.3) is 0 Å². The van der Waals surface area contributed by atoms with E-state index in [4.69, 9.17) is 0 Å². The molecule has 2 heteroatoms. The van der Waals surface area contributed by atoms with Crippen molar-refractivity contribution in [2.45, 2.75) is 12.8 Å². The Balaban J connectivity index is 1.81. The van der Waals surface area contributed by atoms with Gasteiger partial charge in [-0.2, -0.15) is 0 Å². The summed E-state index contributed by atoms with van der Waals surface area (Å²) < 4.78 is 1.45. The Kier molecular flexibility index (Phi) is 3.67. The molecule has 2 rings (SSSR count). The van der Waals surface area contributed by atoms with E-state index >= 15 is 0 Å². The molecular formula is C12H15NSe. The number of benzene rings is 1. The zero-order valence-corrected chi connectivity index (χ0v) is 9.94. The van der Waals surface area contributed by atoms with E-state index in [9.17, 15) is 0 Å². The summed E-state index contributed by atoms with van der Waals surface area (Å²) >= 11 is 0.504. The average Bonchev–Trinajstić information content (AvgIpc) is 2.72. The average molecular weight is 252 g/mol. The molecule has 0 spiro atoms. The molecule has 1 fully saturated rings. The van der Waals surface area contributed by atoms with Gasteiger partial charge in [-0.05, 0) is 0 Å². The quantitative estimate of drug-likeness (QED) is 0.738. The predicted octanol–water partition coefficient (Wildman–Crippen LogP) is 1.58. The molecule has 0 aromatic heterocycles. The molecule has 0 aliphatic carbocycles. The van der Waals surface area contributed by atoms with Crippen LogP contribution in [0.25, 0.3) is 0 Å². The summed E-state index contributed by atoms with van der Waals surface area (Å²) in [5, 5.41) is 0. The van der Waals surface area contributed by atoms with Crippen molar-refractivity contribution in [3.63, 3.8) is 0 Å². The molecule has 0 amide bonds. The van der Waals surface area contributed by atoms with E-state index < -0.39 is 0 Å². The van der Waals surface area contributed by atoms with Gasteiger partial charge >= 0.3 is 91.8 Å². The Morgan fingerprint density at radius 2 is 1.79 bits per heavy atom. The van der Waals surface area contributed by atoms with E-state index in [0.717, 1.165) is 0 Å². The van der Waals surface area contributed by atoms with Crippen molar-refractivity contribution in [1.29, 1.82) is 0 Å². The monoisotopic (exact) mass is 253 g/mol. The van der Waals surface area contributed by atoms with E-state index in [0.29, 0.717) is 15.0 Å². The summed E-state index contributed by atoms with van der Waals surface area (Å²) in [6.07, 6.45) is 5.01. The molecule has 1 heterocycles. The van der Waals surface area contributed by atoms with Gasteiger partial charge in [-0.1, -0.05) is 0 Å². The molecule has 0 N–H and O–H groups in total. The van der Waals surface area contributed by atoms with Crippen molar-refractivity contribution in [3.8, 4) is 0 Å². The van der Waals surface area contributed by atoms with Crippen LogP contribution in [-0.4, -0.2) is 32.9 Å². The number of nitrogens with zero attached hydrogens (tertiary/aromatic N) is 1. The molecule has 14 heavy (non-hydrogen) atoms. The predicted molar refractivity (Wildman–Crippen MR) is 61.8 cm³/mol. The summed E-state index contributed by atoms with van der Waals surface area (Å²) in [5.41, 5.74) is 0. The second kappa shape index (κ2) is 5.23. The SMILES string of the molecule is C(=C/N1CCCC1)/[Se]c1ccccc1. The van der Waals surface area contributed by atoms with Crippen LogP contribution in [0.3, 0.4) is 0 Å². The third kappa shape index (κ3) is 2.90. The molecule has 0 atom stereocenters. The first kappa shape index (κ1) is 9.82. The van der Waals surface area contributed by atoms with Crippen LogP contribution in [0, 0.1) is 0 Å². The maximum absolute atomic E-state index is 2.42. The van der Waals surface area contributed by atoms with E-state index in [1.807, 2.05) is 0 Å². The molecule has 74 valence electrons. The van der Waals surface area contributed by atoms with Crippen LogP contribution in [0.15, 0.2) is 41.5 Å². The minimum atomic E-state index is 0.504. The van der Waals surface area contributed by atoms with Gasteiger partial charge in [-0.3, -0.25) is 0 Å². The Morgan fingerprint density at radius 3 is 2.50 bits per heavy atom. The molecule has 1 aromatic carbocycles.